The van der Waals surface area contributed by atoms with Gasteiger partial charge in [0.1, 0.15) is 11.8 Å². The van der Waals surface area contributed by atoms with Crippen LogP contribution in [0, 0.1) is 13.8 Å². The largest absolute Gasteiger partial charge is 0.422 e. The second kappa shape index (κ2) is 23.1. The number of amides is 3. The third kappa shape index (κ3) is 13.2. The van der Waals surface area contributed by atoms with Crippen molar-refractivity contribution in [1.82, 2.24) is 35.9 Å². The number of hydrogen-bond donors (Lipinski definition) is 7. The van der Waals surface area contributed by atoms with Crippen LogP contribution in [-0.4, -0.2) is 108 Å². The molecule has 3 aromatic heterocycles. The van der Waals surface area contributed by atoms with Crippen LogP contribution in [0.2, 0.25) is 0 Å². The fraction of sp³-hybridized carbons (Fsp3) is 0.286. The molecule has 0 saturated carbocycles. The predicted molar refractivity (Wildman–Crippen MR) is 264 cm³/mol. The number of carbonyl (C=O) groups is 4. The molecule has 0 aliphatic rings. The van der Waals surface area contributed by atoms with E-state index in [1.54, 1.807) is 81.4 Å². The first-order valence-electron chi connectivity index (χ1n) is 22.6. The molecule has 370 valence electrons. The van der Waals surface area contributed by atoms with Gasteiger partial charge >= 0.3 is 5.97 Å². The molecule has 3 amide bonds. The molecule has 0 fully saturated rings. The number of carbonyl (C=O) groups excluding carboxylic acids is 4. The summed E-state index contributed by atoms with van der Waals surface area (Å²) >= 11 is 0. The Kier molecular flexibility index (Phi) is 16.6. The normalized spacial score (nSPS) is 11.9. The highest BCUT2D eigenvalue weighted by Gasteiger charge is 2.27. The second-order valence-electron chi connectivity index (χ2n) is 16.4. The van der Waals surface area contributed by atoms with Gasteiger partial charge < -0.3 is 41.2 Å². The number of aryl methyl sites for hydroxylation is 3. The SMILES string of the molecule is Cc1cc(C(=O)NCCOCCOCCNC(=O)C(C)NC(=O)c2ccc(NCc3cnc4nc(N)[nH]c(=O)c4n3)cc2)cc(C)c1OC(=O)c1c2ccccc2[n+](CCCS(=O)(=O)O)c2ccccc12. The zero-order valence-corrected chi connectivity index (χ0v) is 39.9. The Balaban J connectivity index is 0.788. The van der Waals surface area contributed by atoms with Crippen LogP contribution in [0.5, 0.6) is 5.75 Å². The lowest BCUT2D eigenvalue weighted by Crippen LogP contribution is -2.45. The first-order chi connectivity index (χ1) is 34.1. The lowest BCUT2D eigenvalue weighted by atomic mass is 10.0. The summed E-state index contributed by atoms with van der Waals surface area (Å²) in [5, 5.41) is 12.6. The number of hydrogen-bond acceptors (Lipinski definition) is 15. The van der Waals surface area contributed by atoms with Crippen LogP contribution in [0.1, 0.15) is 61.2 Å². The molecule has 0 aliphatic heterocycles. The van der Waals surface area contributed by atoms with E-state index in [-0.39, 0.29) is 88.0 Å². The molecule has 71 heavy (non-hydrogen) atoms. The molecular formula is C49H53N10O11S+. The number of nitrogens with one attached hydrogen (secondary N) is 5. The van der Waals surface area contributed by atoms with Crippen molar-refractivity contribution in [2.45, 2.75) is 46.3 Å². The van der Waals surface area contributed by atoms with Gasteiger partial charge in [0.05, 0.1) is 67.0 Å². The number of nitrogens with two attached hydrogens (primary N) is 1. The molecule has 0 saturated heterocycles. The number of nitrogen functional groups attached to an aromatic ring is 1. The molecule has 22 heteroatoms. The molecule has 8 N–H and O–H groups in total. The van der Waals surface area contributed by atoms with Crippen molar-refractivity contribution in [3.05, 3.63) is 135 Å². The van der Waals surface area contributed by atoms with Gasteiger partial charge in [-0.1, -0.05) is 24.3 Å². The fourth-order valence-electron chi connectivity index (χ4n) is 7.76. The number of benzene rings is 4. The van der Waals surface area contributed by atoms with E-state index in [0.29, 0.717) is 66.8 Å². The molecule has 0 bridgehead atoms. The van der Waals surface area contributed by atoms with Gasteiger partial charge in [-0.2, -0.15) is 18.0 Å². The van der Waals surface area contributed by atoms with Crippen molar-refractivity contribution >= 4 is 78.4 Å². The van der Waals surface area contributed by atoms with Crippen molar-refractivity contribution in [3.8, 4) is 5.75 Å². The van der Waals surface area contributed by atoms with Gasteiger partial charge in [0.15, 0.2) is 17.7 Å². The number of fused-ring (bicyclic) bond motifs is 3. The maximum atomic E-state index is 14.0. The molecule has 0 radical (unpaired) electrons. The van der Waals surface area contributed by atoms with E-state index in [9.17, 15) is 36.9 Å². The van der Waals surface area contributed by atoms with Crippen LogP contribution >= 0.6 is 0 Å². The lowest BCUT2D eigenvalue weighted by Gasteiger charge is -2.15. The number of rotatable bonds is 22. The average molecular weight is 990 g/mol. The van der Waals surface area contributed by atoms with Crippen LogP contribution < -0.4 is 41.9 Å². The van der Waals surface area contributed by atoms with Crippen LogP contribution in [0.25, 0.3) is 33.0 Å². The average Bonchev–Trinajstić information content (AvgIpc) is 3.34. The zero-order valence-electron chi connectivity index (χ0n) is 39.1. The Labute approximate surface area is 407 Å². The summed E-state index contributed by atoms with van der Waals surface area (Å²) in [6, 6.07) is 23.6. The highest BCUT2D eigenvalue weighted by molar-refractivity contribution is 7.85. The Morgan fingerprint density at radius 1 is 0.817 bits per heavy atom. The molecule has 1 unspecified atom stereocenters. The number of ether oxygens (including phenoxy) is 3. The first kappa shape index (κ1) is 50.9. The van der Waals surface area contributed by atoms with Crippen molar-refractivity contribution in [3.63, 3.8) is 0 Å². The highest BCUT2D eigenvalue weighted by Crippen LogP contribution is 2.30. The summed E-state index contributed by atoms with van der Waals surface area (Å²) in [5.74, 6) is -1.89. The van der Waals surface area contributed by atoms with E-state index in [1.807, 2.05) is 28.8 Å². The minimum absolute atomic E-state index is 0.0477. The number of pyridine rings is 1. The standard InChI is InChI=1S/C49H52N10O11S/c1-29-25-33(26-30(2)42(29)70-48(64)40-36-9-4-6-11-38(36)59(19-8-24-71(65,66)67)39-12-7-5-10-37(39)40)45(61)52-18-21-69-23-22-68-20-17-51-44(60)31(3)55-46(62)32-13-15-34(16-14-32)53-27-35-28-54-43-41(56-35)47(63)58-49(50)57-43/h4-7,9-16,25-26,28,31H,8,17-24,27H2,1-3H3,(H7-,50,51,52,53,54,55,57,58,60,61,62,63,65,66,67)/p+1. The van der Waals surface area contributed by atoms with Gasteiger partial charge in [-0.15, -0.1) is 0 Å². The van der Waals surface area contributed by atoms with E-state index in [2.05, 4.69) is 41.2 Å². The molecule has 1 atom stereocenters. The van der Waals surface area contributed by atoms with Gasteiger partial charge in [0, 0.05) is 48.5 Å². The minimum Gasteiger partial charge on any atom is -0.422 e. The fourth-order valence-corrected chi connectivity index (χ4v) is 8.26. The molecule has 0 spiro atoms. The quantitative estimate of drug-likeness (QED) is 0.0128. The number of H-pyrrole nitrogens is 1. The monoisotopic (exact) mass is 989 g/mol. The summed E-state index contributed by atoms with van der Waals surface area (Å²) in [6.45, 7) is 6.94. The highest BCUT2D eigenvalue weighted by atomic mass is 32.2. The van der Waals surface area contributed by atoms with Crippen molar-refractivity contribution < 1.29 is 50.9 Å². The molecule has 7 rings (SSSR count). The Bertz CT molecular complexity index is 3220. The summed E-state index contributed by atoms with van der Waals surface area (Å²) in [5.41, 5.74) is 10.1. The molecule has 4 aromatic carbocycles. The van der Waals surface area contributed by atoms with Crippen LogP contribution in [0.15, 0.2) is 95.9 Å². The van der Waals surface area contributed by atoms with Gasteiger partial charge in [-0.05, 0) is 80.4 Å². The van der Waals surface area contributed by atoms with E-state index >= 15 is 0 Å². The summed E-state index contributed by atoms with van der Waals surface area (Å²) in [7, 11) is -4.15. The van der Waals surface area contributed by atoms with Crippen LogP contribution in [0.3, 0.4) is 0 Å². The Hall–Kier alpha value is -7.92. The molecule has 7 aromatic rings. The zero-order chi connectivity index (χ0) is 50.7. The number of nitrogens with zero attached hydrogens (tertiary/aromatic N) is 4. The predicted octanol–water partition coefficient (Wildman–Crippen LogP) is 3.31. The smallest absolute Gasteiger partial charge is 0.345 e. The van der Waals surface area contributed by atoms with E-state index < -0.39 is 39.3 Å². The molecule has 0 aliphatic carbocycles. The summed E-state index contributed by atoms with van der Waals surface area (Å²) in [4.78, 5) is 79.5. The van der Waals surface area contributed by atoms with Gasteiger partial charge in [0.25, 0.3) is 27.5 Å². The third-order valence-electron chi connectivity index (χ3n) is 11.1. The summed E-state index contributed by atoms with van der Waals surface area (Å²) < 4.78 is 51.3. The number of esters is 1. The Morgan fingerprint density at radius 2 is 1.44 bits per heavy atom. The van der Waals surface area contributed by atoms with E-state index in [0.717, 1.165) is 0 Å². The van der Waals surface area contributed by atoms with E-state index in [1.165, 1.54) is 6.20 Å². The maximum Gasteiger partial charge on any atom is 0.345 e. The van der Waals surface area contributed by atoms with Gasteiger partial charge in [-0.3, -0.25) is 28.7 Å². The first-order valence-corrected chi connectivity index (χ1v) is 24.2. The minimum atomic E-state index is -4.15. The molecule has 21 nitrogen and oxygen atoms in total. The van der Waals surface area contributed by atoms with Crippen molar-refractivity contribution in [2.75, 3.05) is 56.3 Å². The molecule has 3 heterocycles. The third-order valence-corrected chi connectivity index (χ3v) is 11.9. The lowest BCUT2D eigenvalue weighted by molar-refractivity contribution is -0.645. The molecular weight excluding hydrogens is 937 g/mol. The van der Waals surface area contributed by atoms with Crippen LogP contribution in [-0.2, 0) is 37.5 Å². The van der Waals surface area contributed by atoms with Crippen molar-refractivity contribution in [1.29, 1.82) is 0 Å². The number of aromatic nitrogens is 5. The second-order valence-corrected chi connectivity index (χ2v) is 18.0. The number of aromatic amines is 1. The number of para-hydroxylation sites is 2. The van der Waals surface area contributed by atoms with E-state index in [4.69, 9.17) is 19.9 Å². The maximum absolute atomic E-state index is 14.0. The van der Waals surface area contributed by atoms with Gasteiger partial charge in [0.2, 0.25) is 22.9 Å². The summed E-state index contributed by atoms with van der Waals surface area (Å²) in [6.07, 6.45) is 1.65. The van der Waals surface area contributed by atoms with Gasteiger partial charge in [-0.25, -0.2) is 14.8 Å². The topological polar surface area (TPSA) is 300 Å². The number of anilines is 2. The van der Waals surface area contributed by atoms with Crippen molar-refractivity contribution in [2.24, 2.45) is 0 Å². The van der Waals surface area contributed by atoms with Crippen LogP contribution in [0.4, 0.5) is 11.6 Å². The Morgan fingerprint density at radius 3 is 2.07 bits per heavy atom.